The van der Waals surface area contributed by atoms with Crippen molar-refractivity contribution in [3.8, 4) is 0 Å². The highest BCUT2D eigenvalue weighted by Crippen LogP contribution is 2.10. The molecular weight excluding hydrogens is 384 g/mol. The first kappa shape index (κ1) is 21.5. The Kier molecular flexibility index (Phi) is 8.03. The predicted molar refractivity (Wildman–Crippen MR) is 104 cm³/mol. The van der Waals surface area contributed by atoms with E-state index in [-0.39, 0.29) is 13.1 Å². The molecule has 1 unspecified atom stereocenters. The normalized spacial score (nSPS) is 12.7. The van der Waals surface area contributed by atoms with Crippen LogP contribution in [0.1, 0.15) is 11.3 Å². The summed E-state index contributed by atoms with van der Waals surface area (Å²) >= 11 is 5.80. The number of nitrogens with one attached hydrogen (secondary N) is 1. The minimum atomic E-state index is -1.86. The highest BCUT2D eigenvalue weighted by atomic mass is 35.5. The fourth-order valence-electron chi connectivity index (χ4n) is 2.44. The van der Waals surface area contributed by atoms with E-state index in [2.05, 4.69) is 15.5 Å². The number of aliphatic hydroxyl groups excluding tert-OH is 1. The van der Waals surface area contributed by atoms with Crippen LogP contribution in [0.25, 0.3) is 0 Å². The number of nitroso groups, excluding NO2 is 1. The third kappa shape index (κ3) is 6.11. The summed E-state index contributed by atoms with van der Waals surface area (Å²) in [5.41, 5.74) is 1.53. The maximum Gasteiger partial charge on any atom is 0.254 e. The van der Waals surface area contributed by atoms with Crippen LogP contribution in [0.2, 0.25) is 5.02 Å². The van der Waals surface area contributed by atoms with Gasteiger partial charge in [0.15, 0.2) is 6.10 Å². The van der Waals surface area contributed by atoms with Gasteiger partial charge in [-0.05, 0) is 29.8 Å². The van der Waals surface area contributed by atoms with Gasteiger partial charge in [-0.2, -0.15) is 0 Å². The number of rotatable bonds is 9. The summed E-state index contributed by atoms with van der Waals surface area (Å²) in [6.45, 7) is 0.378. The molecule has 28 heavy (non-hydrogen) atoms. The van der Waals surface area contributed by atoms with Gasteiger partial charge in [-0.15, -0.1) is 4.91 Å². The fraction of sp³-hybridized carbons (Fsp3) is 0.316. The zero-order chi connectivity index (χ0) is 20.5. The number of nitrogens with zero attached hydrogens (tertiary/aromatic N) is 3. The summed E-state index contributed by atoms with van der Waals surface area (Å²) in [6, 6.07) is 10.4. The summed E-state index contributed by atoms with van der Waals surface area (Å²) in [6.07, 6.45) is 0.248. The lowest BCUT2D eigenvalue weighted by Crippen LogP contribution is -2.49. The molecule has 0 saturated heterocycles. The van der Waals surface area contributed by atoms with Crippen molar-refractivity contribution in [2.45, 2.75) is 25.1 Å². The molecule has 0 aliphatic carbocycles. The molecule has 0 saturated carbocycles. The van der Waals surface area contributed by atoms with Gasteiger partial charge in [0.25, 0.3) is 11.8 Å². The lowest BCUT2D eigenvalue weighted by atomic mass is 10.1. The van der Waals surface area contributed by atoms with Crippen molar-refractivity contribution < 1.29 is 14.7 Å². The van der Waals surface area contributed by atoms with Gasteiger partial charge in [-0.1, -0.05) is 35.0 Å². The quantitative estimate of drug-likeness (QED) is 0.616. The number of hydrogen-bond donors (Lipinski definition) is 2. The molecule has 0 aliphatic rings. The van der Waals surface area contributed by atoms with Gasteiger partial charge in [0.1, 0.15) is 0 Å². The number of pyridine rings is 1. The zero-order valence-electron chi connectivity index (χ0n) is 15.3. The highest BCUT2D eigenvalue weighted by Gasteiger charge is 2.35. The Hall–Kier alpha value is -2.84. The van der Waals surface area contributed by atoms with Crippen LogP contribution in [0.4, 0.5) is 0 Å². The molecule has 1 heterocycles. The summed E-state index contributed by atoms with van der Waals surface area (Å²) in [4.78, 5) is 41.0. The third-order valence-corrected chi connectivity index (χ3v) is 4.37. The van der Waals surface area contributed by atoms with E-state index in [1.54, 1.807) is 36.5 Å². The molecule has 1 aromatic carbocycles. The van der Waals surface area contributed by atoms with E-state index in [0.29, 0.717) is 11.4 Å². The SMILES string of the molecule is CN(CCc1ccccn1)C(=O)[C@H](O)C(N=O)C(=O)NCc1ccc(Cl)cc1. The first-order chi connectivity index (χ1) is 13.4. The molecule has 2 amide bonds. The molecule has 0 spiro atoms. The Balaban J connectivity index is 1.89. The van der Waals surface area contributed by atoms with Gasteiger partial charge in [-0.3, -0.25) is 14.6 Å². The number of amides is 2. The molecule has 2 atom stereocenters. The summed E-state index contributed by atoms with van der Waals surface area (Å²) in [5.74, 6) is -1.59. The van der Waals surface area contributed by atoms with Crippen molar-refractivity contribution >= 4 is 23.4 Å². The number of carbonyl (C=O) groups excluding carboxylic acids is 2. The molecule has 2 rings (SSSR count). The first-order valence-electron chi connectivity index (χ1n) is 8.60. The average Bonchev–Trinajstić information content (AvgIpc) is 2.72. The monoisotopic (exact) mass is 404 g/mol. The third-order valence-electron chi connectivity index (χ3n) is 4.12. The van der Waals surface area contributed by atoms with E-state index in [0.717, 1.165) is 11.3 Å². The van der Waals surface area contributed by atoms with Gasteiger partial charge in [-0.25, -0.2) is 0 Å². The summed E-state index contributed by atoms with van der Waals surface area (Å²) < 4.78 is 0. The molecule has 148 valence electrons. The number of halogens is 1. The van der Waals surface area contributed by atoms with Gasteiger partial charge in [0.2, 0.25) is 6.04 Å². The van der Waals surface area contributed by atoms with E-state index in [1.807, 2.05) is 12.1 Å². The smallest absolute Gasteiger partial charge is 0.254 e. The van der Waals surface area contributed by atoms with Crippen molar-refractivity contribution in [1.29, 1.82) is 0 Å². The molecule has 0 fully saturated rings. The number of hydrogen-bond acceptors (Lipinski definition) is 6. The van der Waals surface area contributed by atoms with Gasteiger partial charge in [0, 0.05) is 43.5 Å². The number of likely N-dealkylation sites (N-methyl/N-ethyl adjacent to an activating group) is 1. The van der Waals surface area contributed by atoms with Crippen LogP contribution >= 0.6 is 11.6 Å². The maximum absolute atomic E-state index is 12.3. The van der Waals surface area contributed by atoms with Crippen molar-refractivity contribution in [3.05, 3.63) is 69.8 Å². The topological polar surface area (TPSA) is 112 Å². The largest absolute Gasteiger partial charge is 0.380 e. The number of benzene rings is 1. The van der Waals surface area contributed by atoms with Crippen LogP contribution in [0, 0.1) is 4.91 Å². The second-order valence-corrected chi connectivity index (χ2v) is 6.61. The summed E-state index contributed by atoms with van der Waals surface area (Å²) in [5, 5.41) is 15.9. The van der Waals surface area contributed by atoms with E-state index < -0.39 is 24.0 Å². The van der Waals surface area contributed by atoms with E-state index >= 15 is 0 Å². The average molecular weight is 405 g/mol. The fourth-order valence-corrected chi connectivity index (χ4v) is 2.57. The van der Waals surface area contributed by atoms with Gasteiger partial charge in [0.05, 0.1) is 0 Å². The Morgan fingerprint density at radius 1 is 1.25 bits per heavy atom. The molecule has 2 N–H and O–H groups in total. The van der Waals surface area contributed by atoms with Crippen LogP contribution < -0.4 is 5.32 Å². The van der Waals surface area contributed by atoms with Gasteiger partial charge < -0.3 is 15.3 Å². The van der Waals surface area contributed by atoms with Crippen LogP contribution in [-0.2, 0) is 22.6 Å². The molecule has 1 aromatic heterocycles. The molecule has 9 heteroatoms. The van der Waals surface area contributed by atoms with Crippen LogP contribution in [-0.4, -0.2) is 52.5 Å². The molecule has 0 radical (unpaired) electrons. The molecule has 0 aliphatic heterocycles. The van der Waals surface area contributed by atoms with E-state index in [9.17, 15) is 19.6 Å². The van der Waals surface area contributed by atoms with Crippen molar-refractivity contribution in [2.24, 2.45) is 5.18 Å². The predicted octanol–water partition coefficient (Wildman–Crippen LogP) is 1.55. The van der Waals surface area contributed by atoms with Gasteiger partial charge >= 0.3 is 0 Å². The molecule has 2 aromatic rings. The zero-order valence-corrected chi connectivity index (χ0v) is 16.0. The Labute approximate surface area is 167 Å². The number of carbonyl (C=O) groups is 2. The van der Waals surface area contributed by atoms with Crippen molar-refractivity contribution in [3.63, 3.8) is 0 Å². The standard InChI is InChI=1S/C19H21ClN4O4/c1-24(11-9-15-4-2-3-10-21-15)19(27)17(25)16(23-28)18(26)22-12-13-5-7-14(20)8-6-13/h2-8,10,16-17,25H,9,11-12H2,1H3,(H,22,26)/t16?,17-/m1/s1. The summed E-state index contributed by atoms with van der Waals surface area (Å²) in [7, 11) is 1.47. The Morgan fingerprint density at radius 2 is 1.96 bits per heavy atom. The number of aliphatic hydroxyl groups is 1. The Bertz CT molecular complexity index is 801. The van der Waals surface area contributed by atoms with E-state index in [4.69, 9.17) is 11.6 Å². The molecular formula is C19H21ClN4O4. The lowest BCUT2D eigenvalue weighted by Gasteiger charge is -2.22. The number of aromatic nitrogens is 1. The first-order valence-corrected chi connectivity index (χ1v) is 8.97. The highest BCUT2D eigenvalue weighted by molar-refractivity contribution is 6.30. The van der Waals surface area contributed by atoms with Crippen molar-refractivity contribution in [1.82, 2.24) is 15.2 Å². The maximum atomic E-state index is 12.3. The Morgan fingerprint density at radius 3 is 2.57 bits per heavy atom. The second kappa shape index (κ2) is 10.5. The van der Waals surface area contributed by atoms with Crippen LogP contribution in [0.5, 0.6) is 0 Å². The van der Waals surface area contributed by atoms with Crippen molar-refractivity contribution in [2.75, 3.05) is 13.6 Å². The molecule has 8 nitrogen and oxygen atoms in total. The molecule has 0 bridgehead atoms. The van der Waals surface area contributed by atoms with E-state index in [1.165, 1.54) is 11.9 Å². The minimum Gasteiger partial charge on any atom is -0.380 e. The second-order valence-electron chi connectivity index (χ2n) is 6.17. The minimum absolute atomic E-state index is 0.110. The van der Waals surface area contributed by atoms with Crippen LogP contribution in [0.3, 0.4) is 0 Å². The lowest BCUT2D eigenvalue weighted by molar-refractivity contribution is -0.143. The van der Waals surface area contributed by atoms with Crippen LogP contribution in [0.15, 0.2) is 53.8 Å².